The number of anilines is 2. The summed E-state index contributed by atoms with van der Waals surface area (Å²) in [5.41, 5.74) is 2.11. The number of halogens is 2. The first kappa shape index (κ1) is 25.6. The van der Waals surface area contributed by atoms with Crippen molar-refractivity contribution in [1.82, 2.24) is 4.98 Å². The van der Waals surface area contributed by atoms with E-state index >= 15 is 0 Å². The number of thiazole rings is 1. The SMILES string of the molecule is CC(Sc1ccc(NC(=O)CC(C)(C)C)cc1)C(=O)Nc1nc(-c2ccc(Cl)cc2Cl)cs1. The second-order valence-electron chi connectivity index (χ2n) is 8.72. The molecule has 1 aromatic heterocycles. The van der Waals surface area contributed by atoms with Crippen molar-refractivity contribution in [2.24, 2.45) is 5.41 Å². The van der Waals surface area contributed by atoms with Crippen LogP contribution in [0.1, 0.15) is 34.1 Å². The van der Waals surface area contributed by atoms with E-state index in [1.807, 2.05) is 57.3 Å². The standard InChI is InChI=1S/C24H25Cl2N3O2S2/c1-14(33-17-8-6-16(7-9-17)27-21(30)12-24(2,3)4)22(31)29-23-28-20(13-32-23)18-10-5-15(25)11-19(18)26/h5-11,13-14H,12H2,1-4H3,(H,27,30)(H,28,29,31). The zero-order valence-electron chi connectivity index (χ0n) is 18.7. The normalized spacial score (nSPS) is 12.3. The molecule has 2 aromatic carbocycles. The Morgan fingerprint density at radius 2 is 1.79 bits per heavy atom. The number of nitrogens with zero attached hydrogens (tertiary/aromatic N) is 1. The predicted octanol–water partition coefficient (Wildman–Crippen LogP) is 7.61. The lowest BCUT2D eigenvalue weighted by Crippen LogP contribution is -2.22. The van der Waals surface area contributed by atoms with Gasteiger partial charge in [-0.2, -0.15) is 0 Å². The summed E-state index contributed by atoms with van der Waals surface area (Å²) in [6, 6.07) is 12.7. The fourth-order valence-corrected chi connectivity index (χ4v) is 5.01. The summed E-state index contributed by atoms with van der Waals surface area (Å²) in [5.74, 6) is -0.163. The van der Waals surface area contributed by atoms with Crippen molar-refractivity contribution in [3.63, 3.8) is 0 Å². The van der Waals surface area contributed by atoms with Crippen molar-refractivity contribution < 1.29 is 9.59 Å². The van der Waals surface area contributed by atoms with Gasteiger partial charge in [-0.1, -0.05) is 44.0 Å². The molecule has 0 radical (unpaired) electrons. The average molecular weight is 523 g/mol. The third-order valence-electron chi connectivity index (χ3n) is 4.45. The van der Waals surface area contributed by atoms with Crippen LogP contribution in [0.2, 0.25) is 10.0 Å². The zero-order chi connectivity index (χ0) is 24.2. The Hall–Kier alpha value is -2.06. The molecule has 0 spiro atoms. The van der Waals surface area contributed by atoms with E-state index in [0.717, 1.165) is 16.1 Å². The molecule has 33 heavy (non-hydrogen) atoms. The Morgan fingerprint density at radius 1 is 1.09 bits per heavy atom. The zero-order valence-corrected chi connectivity index (χ0v) is 21.9. The summed E-state index contributed by atoms with van der Waals surface area (Å²) in [4.78, 5) is 30.1. The van der Waals surface area contributed by atoms with E-state index < -0.39 is 0 Å². The summed E-state index contributed by atoms with van der Waals surface area (Å²) in [7, 11) is 0. The quantitative estimate of drug-likeness (QED) is 0.313. The number of hydrogen-bond donors (Lipinski definition) is 2. The topological polar surface area (TPSA) is 71.1 Å². The van der Waals surface area contributed by atoms with Crippen LogP contribution in [0.4, 0.5) is 10.8 Å². The van der Waals surface area contributed by atoms with Crippen molar-refractivity contribution in [2.45, 2.75) is 44.3 Å². The first-order valence-electron chi connectivity index (χ1n) is 10.3. The maximum atomic E-state index is 12.7. The van der Waals surface area contributed by atoms with E-state index in [-0.39, 0.29) is 22.5 Å². The minimum Gasteiger partial charge on any atom is -0.326 e. The highest BCUT2D eigenvalue weighted by atomic mass is 35.5. The highest BCUT2D eigenvalue weighted by Crippen LogP contribution is 2.33. The highest BCUT2D eigenvalue weighted by Gasteiger charge is 2.18. The molecule has 2 amide bonds. The summed E-state index contributed by atoms with van der Waals surface area (Å²) in [6.07, 6.45) is 0.448. The van der Waals surface area contributed by atoms with Crippen molar-refractivity contribution in [1.29, 1.82) is 0 Å². The maximum absolute atomic E-state index is 12.7. The van der Waals surface area contributed by atoms with Crippen LogP contribution >= 0.6 is 46.3 Å². The number of thioether (sulfide) groups is 1. The van der Waals surface area contributed by atoms with Crippen LogP contribution in [0.25, 0.3) is 11.3 Å². The number of carbonyl (C=O) groups is 2. The first-order chi connectivity index (χ1) is 15.5. The van der Waals surface area contributed by atoms with Crippen molar-refractivity contribution >= 4 is 68.9 Å². The smallest absolute Gasteiger partial charge is 0.239 e. The van der Waals surface area contributed by atoms with Crippen LogP contribution in [-0.4, -0.2) is 22.0 Å². The number of rotatable bonds is 7. The molecule has 1 unspecified atom stereocenters. The maximum Gasteiger partial charge on any atom is 0.239 e. The molecule has 3 aromatic rings. The van der Waals surface area contributed by atoms with Crippen LogP contribution in [-0.2, 0) is 9.59 Å². The molecule has 0 aliphatic carbocycles. The Kier molecular flexibility index (Phi) is 8.45. The summed E-state index contributed by atoms with van der Waals surface area (Å²) in [6.45, 7) is 7.91. The van der Waals surface area contributed by atoms with Gasteiger partial charge in [0.25, 0.3) is 0 Å². The largest absolute Gasteiger partial charge is 0.326 e. The molecule has 3 rings (SSSR count). The van der Waals surface area contributed by atoms with Crippen LogP contribution in [0.5, 0.6) is 0 Å². The van der Waals surface area contributed by atoms with Gasteiger partial charge in [-0.3, -0.25) is 9.59 Å². The molecule has 0 aliphatic rings. The average Bonchev–Trinajstić information content (AvgIpc) is 3.16. The molecule has 0 fully saturated rings. The lowest BCUT2D eigenvalue weighted by Gasteiger charge is -2.17. The summed E-state index contributed by atoms with van der Waals surface area (Å²) < 4.78 is 0. The number of benzene rings is 2. The molecule has 0 bridgehead atoms. The number of nitrogens with one attached hydrogen (secondary N) is 2. The van der Waals surface area contributed by atoms with E-state index in [1.54, 1.807) is 18.2 Å². The lowest BCUT2D eigenvalue weighted by molar-refractivity contribution is -0.118. The fourth-order valence-electron chi connectivity index (χ4n) is 2.92. The molecular formula is C24H25Cl2N3O2S2. The summed E-state index contributed by atoms with van der Waals surface area (Å²) in [5, 5.41) is 8.84. The molecule has 9 heteroatoms. The number of hydrogen-bond acceptors (Lipinski definition) is 5. The Labute approximate surface area is 212 Å². The molecule has 174 valence electrons. The van der Waals surface area contributed by atoms with Gasteiger partial charge >= 0.3 is 0 Å². The van der Waals surface area contributed by atoms with E-state index in [9.17, 15) is 9.59 Å². The highest BCUT2D eigenvalue weighted by molar-refractivity contribution is 8.00. The van der Waals surface area contributed by atoms with Gasteiger partial charge in [0, 0.05) is 33.0 Å². The monoisotopic (exact) mass is 521 g/mol. The molecule has 0 saturated carbocycles. The van der Waals surface area contributed by atoms with Gasteiger partial charge in [0.15, 0.2) is 5.13 Å². The third kappa shape index (κ3) is 7.74. The summed E-state index contributed by atoms with van der Waals surface area (Å²) >= 11 is 15.0. The van der Waals surface area contributed by atoms with Crippen LogP contribution < -0.4 is 10.6 Å². The minimum atomic E-state index is -0.335. The van der Waals surface area contributed by atoms with Gasteiger partial charge in [0.2, 0.25) is 11.8 Å². The number of aromatic nitrogens is 1. The van der Waals surface area contributed by atoms with E-state index in [0.29, 0.717) is 27.3 Å². The van der Waals surface area contributed by atoms with Gasteiger partial charge in [-0.15, -0.1) is 23.1 Å². The van der Waals surface area contributed by atoms with E-state index in [2.05, 4.69) is 15.6 Å². The van der Waals surface area contributed by atoms with Crippen LogP contribution in [0, 0.1) is 5.41 Å². The Bertz CT molecular complexity index is 1140. The van der Waals surface area contributed by atoms with Crippen LogP contribution in [0.3, 0.4) is 0 Å². The lowest BCUT2D eigenvalue weighted by atomic mass is 9.92. The number of amides is 2. The van der Waals surface area contributed by atoms with Gasteiger partial charge in [0.1, 0.15) is 0 Å². The minimum absolute atomic E-state index is 0.0154. The Morgan fingerprint density at radius 3 is 2.42 bits per heavy atom. The van der Waals surface area contributed by atoms with Gasteiger partial charge in [-0.25, -0.2) is 4.98 Å². The Balaban J connectivity index is 1.55. The predicted molar refractivity (Wildman–Crippen MR) is 141 cm³/mol. The van der Waals surface area contributed by atoms with Crippen LogP contribution in [0.15, 0.2) is 52.7 Å². The van der Waals surface area contributed by atoms with Gasteiger partial charge < -0.3 is 10.6 Å². The molecule has 0 saturated heterocycles. The second-order valence-corrected chi connectivity index (χ2v) is 11.8. The molecule has 5 nitrogen and oxygen atoms in total. The van der Waals surface area contributed by atoms with Crippen molar-refractivity contribution in [3.05, 3.63) is 57.9 Å². The molecule has 1 atom stereocenters. The number of carbonyl (C=O) groups excluding carboxylic acids is 2. The molecule has 2 N–H and O–H groups in total. The van der Waals surface area contributed by atoms with Crippen molar-refractivity contribution in [3.8, 4) is 11.3 Å². The van der Waals surface area contributed by atoms with Gasteiger partial charge in [0.05, 0.1) is 16.0 Å². The van der Waals surface area contributed by atoms with E-state index in [4.69, 9.17) is 23.2 Å². The van der Waals surface area contributed by atoms with E-state index in [1.165, 1.54) is 23.1 Å². The molecule has 0 aliphatic heterocycles. The molecular weight excluding hydrogens is 497 g/mol. The second kappa shape index (κ2) is 10.9. The fraction of sp³-hybridized carbons (Fsp3) is 0.292. The third-order valence-corrected chi connectivity index (χ3v) is 6.87. The first-order valence-corrected chi connectivity index (χ1v) is 12.8. The van der Waals surface area contributed by atoms with Crippen molar-refractivity contribution in [2.75, 3.05) is 10.6 Å². The van der Waals surface area contributed by atoms with Gasteiger partial charge in [-0.05, 0) is 54.8 Å². The molecule has 1 heterocycles.